The van der Waals surface area contributed by atoms with Crippen LogP contribution in [0.4, 0.5) is 0 Å². The number of halogens is 1. The molecular formula is C15H16BrNO2. The third-order valence-electron chi connectivity index (χ3n) is 2.82. The van der Waals surface area contributed by atoms with E-state index in [1.807, 2.05) is 37.3 Å². The highest BCUT2D eigenvalue weighted by Gasteiger charge is 2.08. The molecule has 19 heavy (non-hydrogen) atoms. The fourth-order valence-electron chi connectivity index (χ4n) is 1.93. The number of aliphatic hydroxyl groups excluding tert-OH is 1. The van der Waals surface area contributed by atoms with Crippen LogP contribution in [0.2, 0.25) is 0 Å². The quantitative estimate of drug-likeness (QED) is 0.919. The van der Waals surface area contributed by atoms with Gasteiger partial charge in [0.25, 0.3) is 0 Å². The number of aryl methyl sites for hydroxylation is 1. The van der Waals surface area contributed by atoms with E-state index in [2.05, 4.69) is 20.9 Å². The lowest BCUT2D eigenvalue weighted by atomic mass is 10.1. The fourth-order valence-corrected chi connectivity index (χ4v) is 2.55. The molecule has 0 amide bonds. The molecule has 1 heterocycles. The van der Waals surface area contributed by atoms with Crippen molar-refractivity contribution < 1.29 is 9.84 Å². The Bertz CT molecular complexity index is 543. The van der Waals surface area contributed by atoms with Gasteiger partial charge >= 0.3 is 0 Å². The van der Waals surface area contributed by atoms with Crippen molar-refractivity contribution in [3.05, 3.63) is 57.8 Å². The lowest BCUT2D eigenvalue weighted by Gasteiger charge is -2.13. The summed E-state index contributed by atoms with van der Waals surface area (Å²) < 4.78 is 6.75. The second kappa shape index (κ2) is 6.68. The molecule has 0 saturated carbocycles. The van der Waals surface area contributed by atoms with Gasteiger partial charge in [-0.1, -0.05) is 22.0 Å². The fraction of sp³-hybridized carbons (Fsp3) is 0.267. The first-order valence-electron chi connectivity index (χ1n) is 6.13. The highest BCUT2D eigenvalue weighted by molar-refractivity contribution is 9.10. The third kappa shape index (κ3) is 3.78. The SMILES string of the molecule is Cc1cc(Br)cc(CO)c1OCCc1ccccn1. The van der Waals surface area contributed by atoms with Gasteiger partial charge in [0.15, 0.2) is 0 Å². The van der Waals surface area contributed by atoms with E-state index in [-0.39, 0.29) is 6.61 Å². The lowest BCUT2D eigenvalue weighted by Crippen LogP contribution is -2.06. The van der Waals surface area contributed by atoms with E-state index in [1.54, 1.807) is 6.20 Å². The summed E-state index contributed by atoms with van der Waals surface area (Å²) in [6, 6.07) is 9.70. The van der Waals surface area contributed by atoms with Crippen LogP contribution in [0.15, 0.2) is 41.0 Å². The van der Waals surface area contributed by atoms with E-state index in [1.165, 1.54) is 0 Å². The van der Waals surface area contributed by atoms with Crippen LogP contribution in [0.25, 0.3) is 0 Å². The minimum Gasteiger partial charge on any atom is -0.493 e. The maximum Gasteiger partial charge on any atom is 0.127 e. The zero-order chi connectivity index (χ0) is 13.7. The molecule has 0 radical (unpaired) electrons. The third-order valence-corrected chi connectivity index (χ3v) is 3.28. The standard InChI is InChI=1S/C15H16BrNO2/c1-11-8-13(16)9-12(10-18)15(11)19-7-5-14-4-2-3-6-17-14/h2-4,6,8-9,18H,5,7,10H2,1H3. The summed E-state index contributed by atoms with van der Waals surface area (Å²) in [5, 5.41) is 9.37. The van der Waals surface area contributed by atoms with Crippen LogP contribution < -0.4 is 4.74 Å². The number of ether oxygens (including phenoxy) is 1. The van der Waals surface area contributed by atoms with E-state index in [4.69, 9.17) is 4.74 Å². The molecule has 0 unspecified atom stereocenters. The second-order valence-electron chi connectivity index (χ2n) is 4.29. The van der Waals surface area contributed by atoms with Gasteiger partial charge in [-0.05, 0) is 36.8 Å². The van der Waals surface area contributed by atoms with Gasteiger partial charge < -0.3 is 9.84 Å². The van der Waals surface area contributed by atoms with Gasteiger partial charge in [0.1, 0.15) is 5.75 Å². The molecule has 0 bridgehead atoms. The molecule has 100 valence electrons. The van der Waals surface area contributed by atoms with Crippen LogP contribution in [0.5, 0.6) is 5.75 Å². The summed E-state index contributed by atoms with van der Waals surface area (Å²) in [7, 11) is 0. The van der Waals surface area contributed by atoms with Crippen LogP contribution in [0, 0.1) is 6.92 Å². The molecule has 0 aliphatic rings. The molecule has 4 heteroatoms. The van der Waals surface area contributed by atoms with Gasteiger partial charge in [0.05, 0.1) is 13.2 Å². The first kappa shape index (κ1) is 14.0. The molecule has 0 atom stereocenters. The van der Waals surface area contributed by atoms with Crippen molar-refractivity contribution in [3.8, 4) is 5.75 Å². The zero-order valence-electron chi connectivity index (χ0n) is 10.8. The highest BCUT2D eigenvalue weighted by atomic mass is 79.9. The first-order chi connectivity index (χ1) is 9.20. The molecule has 0 aliphatic carbocycles. The maximum atomic E-state index is 9.37. The van der Waals surface area contributed by atoms with Crippen LogP contribution >= 0.6 is 15.9 Å². The Hall–Kier alpha value is -1.39. The summed E-state index contributed by atoms with van der Waals surface area (Å²) in [5.41, 5.74) is 2.81. The summed E-state index contributed by atoms with van der Waals surface area (Å²) in [5.74, 6) is 0.765. The number of aliphatic hydroxyl groups is 1. The Morgan fingerprint density at radius 2 is 2.16 bits per heavy atom. The first-order valence-corrected chi connectivity index (χ1v) is 6.92. The Kier molecular flexibility index (Phi) is 4.93. The minimum absolute atomic E-state index is 0.0286. The number of benzene rings is 1. The van der Waals surface area contributed by atoms with Crippen molar-refractivity contribution in [1.29, 1.82) is 0 Å². The van der Waals surface area contributed by atoms with Gasteiger partial charge in [-0.2, -0.15) is 0 Å². The molecule has 3 nitrogen and oxygen atoms in total. The lowest BCUT2D eigenvalue weighted by molar-refractivity contribution is 0.262. The number of nitrogens with zero attached hydrogens (tertiary/aromatic N) is 1. The molecule has 2 rings (SSSR count). The van der Waals surface area contributed by atoms with E-state index >= 15 is 0 Å². The van der Waals surface area contributed by atoms with Gasteiger partial charge in [-0.25, -0.2) is 0 Å². The predicted octanol–water partition coefficient (Wildman–Crippen LogP) is 3.27. The Morgan fingerprint density at radius 3 is 2.84 bits per heavy atom. The van der Waals surface area contributed by atoms with Crippen LogP contribution in [0.1, 0.15) is 16.8 Å². The molecular weight excluding hydrogens is 306 g/mol. The summed E-state index contributed by atoms with van der Waals surface area (Å²) in [6.07, 6.45) is 2.53. The number of aromatic nitrogens is 1. The average Bonchev–Trinajstić information content (AvgIpc) is 2.42. The molecule has 1 aromatic carbocycles. The van der Waals surface area contributed by atoms with Crippen molar-refractivity contribution in [2.24, 2.45) is 0 Å². The van der Waals surface area contributed by atoms with E-state index in [0.717, 1.165) is 33.5 Å². The second-order valence-corrected chi connectivity index (χ2v) is 5.20. The van der Waals surface area contributed by atoms with E-state index < -0.39 is 0 Å². The zero-order valence-corrected chi connectivity index (χ0v) is 12.4. The Balaban J connectivity index is 2.03. The predicted molar refractivity (Wildman–Crippen MR) is 78.2 cm³/mol. The topological polar surface area (TPSA) is 42.4 Å². The summed E-state index contributed by atoms with van der Waals surface area (Å²) in [6.45, 7) is 2.49. The number of hydrogen-bond donors (Lipinski definition) is 1. The molecule has 0 fully saturated rings. The molecule has 1 N–H and O–H groups in total. The number of pyridine rings is 1. The van der Waals surface area contributed by atoms with Crippen molar-refractivity contribution in [3.63, 3.8) is 0 Å². The molecule has 0 aliphatic heterocycles. The maximum absolute atomic E-state index is 9.37. The van der Waals surface area contributed by atoms with Gasteiger partial charge in [-0.3, -0.25) is 4.98 Å². The number of hydrogen-bond acceptors (Lipinski definition) is 3. The summed E-state index contributed by atoms with van der Waals surface area (Å²) >= 11 is 3.42. The Morgan fingerprint density at radius 1 is 1.32 bits per heavy atom. The molecule has 0 saturated heterocycles. The minimum atomic E-state index is -0.0286. The highest BCUT2D eigenvalue weighted by Crippen LogP contribution is 2.28. The van der Waals surface area contributed by atoms with Crippen molar-refractivity contribution in [2.45, 2.75) is 20.0 Å². The van der Waals surface area contributed by atoms with Crippen LogP contribution in [-0.4, -0.2) is 16.7 Å². The molecule has 2 aromatic rings. The van der Waals surface area contributed by atoms with E-state index in [0.29, 0.717) is 6.61 Å². The van der Waals surface area contributed by atoms with Gasteiger partial charge in [0, 0.05) is 28.3 Å². The number of rotatable bonds is 5. The smallest absolute Gasteiger partial charge is 0.127 e. The summed E-state index contributed by atoms with van der Waals surface area (Å²) in [4.78, 5) is 4.25. The van der Waals surface area contributed by atoms with Gasteiger partial charge in [-0.15, -0.1) is 0 Å². The molecule has 0 spiro atoms. The van der Waals surface area contributed by atoms with Gasteiger partial charge in [0.2, 0.25) is 0 Å². The van der Waals surface area contributed by atoms with Crippen LogP contribution in [0.3, 0.4) is 0 Å². The van der Waals surface area contributed by atoms with Crippen LogP contribution in [-0.2, 0) is 13.0 Å². The van der Waals surface area contributed by atoms with Crippen molar-refractivity contribution in [1.82, 2.24) is 4.98 Å². The molecule has 1 aromatic heterocycles. The Labute approximate surface area is 121 Å². The normalized spacial score (nSPS) is 10.5. The monoisotopic (exact) mass is 321 g/mol. The van der Waals surface area contributed by atoms with Crippen molar-refractivity contribution in [2.75, 3.05) is 6.61 Å². The largest absolute Gasteiger partial charge is 0.493 e. The van der Waals surface area contributed by atoms with Crippen molar-refractivity contribution >= 4 is 15.9 Å². The average molecular weight is 322 g/mol. The van der Waals surface area contributed by atoms with E-state index in [9.17, 15) is 5.11 Å².